The molecular formula is C28H30F5O4P. The van der Waals surface area contributed by atoms with E-state index in [0.29, 0.717) is 11.1 Å². The largest absolute Gasteiger partial charge is 0.507 e. The van der Waals surface area contributed by atoms with Gasteiger partial charge in [-0.3, -0.25) is 0 Å². The van der Waals surface area contributed by atoms with Gasteiger partial charge in [-0.15, -0.1) is 0 Å². The Bertz CT molecular complexity index is 1290. The first-order chi connectivity index (χ1) is 17.4. The third kappa shape index (κ3) is 5.13. The molecular weight excluding hydrogens is 526 g/mol. The summed E-state index contributed by atoms with van der Waals surface area (Å²) in [7, 11) is -0.127. The number of methoxy groups -OCH3 is 2. The van der Waals surface area contributed by atoms with Gasteiger partial charge in [0, 0.05) is 29.7 Å². The molecule has 0 saturated carbocycles. The summed E-state index contributed by atoms with van der Waals surface area (Å²) in [5.74, 6) is -11.2. The van der Waals surface area contributed by atoms with Gasteiger partial charge in [-0.1, -0.05) is 41.5 Å². The van der Waals surface area contributed by atoms with Gasteiger partial charge in [-0.25, -0.2) is 22.0 Å². The van der Waals surface area contributed by atoms with E-state index in [4.69, 9.17) is 9.47 Å². The maximum absolute atomic E-state index is 15.4. The fraction of sp³-hybridized carbons (Fsp3) is 0.357. The van der Waals surface area contributed by atoms with Crippen LogP contribution in [-0.2, 0) is 10.8 Å². The number of hydrogen-bond acceptors (Lipinski definition) is 4. The van der Waals surface area contributed by atoms with E-state index in [1.165, 1.54) is 38.5 Å². The Labute approximate surface area is 219 Å². The van der Waals surface area contributed by atoms with Crippen molar-refractivity contribution in [3.05, 3.63) is 64.5 Å². The zero-order valence-electron chi connectivity index (χ0n) is 22.4. The van der Waals surface area contributed by atoms with E-state index in [9.17, 15) is 23.4 Å². The summed E-state index contributed by atoms with van der Waals surface area (Å²) in [4.78, 5) is 0. The lowest BCUT2D eigenvalue weighted by molar-refractivity contribution is 0.384. The molecule has 0 aliphatic heterocycles. The zero-order valence-corrected chi connectivity index (χ0v) is 23.3. The third-order valence-corrected chi connectivity index (χ3v) is 8.59. The van der Waals surface area contributed by atoms with E-state index < -0.39 is 64.6 Å². The highest BCUT2D eigenvalue weighted by Gasteiger charge is 2.37. The van der Waals surface area contributed by atoms with Crippen molar-refractivity contribution < 1.29 is 41.6 Å². The molecule has 0 spiro atoms. The number of aromatic hydroxyl groups is 2. The summed E-state index contributed by atoms with van der Waals surface area (Å²) < 4.78 is 84.6. The lowest BCUT2D eigenvalue weighted by Gasteiger charge is -2.29. The van der Waals surface area contributed by atoms with Crippen LogP contribution in [0.15, 0.2) is 24.3 Å². The molecule has 4 nitrogen and oxygen atoms in total. The molecule has 0 saturated heterocycles. The molecule has 3 aromatic rings. The first-order valence-corrected chi connectivity index (χ1v) is 12.9. The minimum Gasteiger partial charge on any atom is -0.507 e. The molecule has 3 aromatic carbocycles. The molecule has 0 heterocycles. The van der Waals surface area contributed by atoms with Gasteiger partial charge in [0.1, 0.15) is 23.0 Å². The monoisotopic (exact) mass is 556 g/mol. The molecule has 0 atom stereocenters. The fourth-order valence-corrected chi connectivity index (χ4v) is 6.57. The third-order valence-electron chi connectivity index (χ3n) is 6.11. The molecule has 0 bridgehead atoms. The van der Waals surface area contributed by atoms with E-state index in [2.05, 4.69) is 0 Å². The molecule has 0 fully saturated rings. The van der Waals surface area contributed by atoms with Crippen LogP contribution in [0, 0.1) is 29.1 Å². The Morgan fingerprint density at radius 1 is 0.579 bits per heavy atom. The predicted octanol–water partition coefficient (Wildman–Crippen LogP) is 6.16. The van der Waals surface area contributed by atoms with E-state index in [-0.39, 0.29) is 22.1 Å². The van der Waals surface area contributed by atoms with E-state index in [1.54, 1.807) is 41.5 Å². The standard InChI is InChI=1S/C28H30F5O4P/c1-27(2,3)15-9-13(36-7)11-17(24(15)34)38(26-22(32)20(30)19(29)21(31)23(26)33)18-12-14(37-8)10-16(25(18)35)28(4,5)6/h9-12,34-35H,1-8H3. The first kappa shape index (κ1) is 29.5. The molecule has 0 radical (unpaired) electrons. The van der Waals surface area contributed by atoms with Gasteiger partial charge in [-0.05, 0) is 35.1 Å². The second-order valence-electron chi connectivity index (χ2n) is 10.8. The van der Waals surface area contributed by atoms with Crippen molar-refractivity contribution in [3.63, 3.8) is 0 Å². The maximum Gasteiger partial charge on any atom is 0.200 e. The smallest absolute Gasteiger partial charge is 0.200 e. The average Bonchev–Trinajstić information content (AvgIpc) is 2.83. The van der Waals surface area contributed by atoms with Gasteiger partial charge in [0.05, 0.1) is 19.5 Å². The molecule has 0 aliphatic rings. The topological polar surface area (TPSA) is 58.9 Å². The molecule has 206 valence electrons. The highest BCUT2D eigenvalue weighted by Crippen LogP contribution is 2.48. The SMILES string of the molecule is COc1cc(P(c2cc(OC)cc(C(C)(C)C)c2O)c2c(F)c(F)c(F)c(F)c2F)c(O)c(C(C)(C)C)c1. The van der Waals surface area contributed by atoms with Gasteiger partial charge in [-0.2, -0.15) is 0 Å². The minimum absolute atomic E-state index is 0.170. The van der Waals surface area contributed by atoms with Crippen molar-refractivity contribution in [1.29, 1.82) is 0 Å². The van der Waals surface area contributed by atoms with Crippen molar-refractivity contribution in [1.82, 2.24) is 0 Å². The number of benzene rings is 3. The van der Waals surface area contributed by atoms with Gasteiger partial charge < -0.3 is 19.7 Å². The Morgan fingerprint density at radius 2 is 0.895 bits per heavy atom. The summed E-state index contributed by atoms with van der Waals surface area (Å²) in [6.07, 6.45) is 0. The Kier molecular flexibility index (Phi) is 7.96. The summed E-state index contributed by atoms with van der Waals surface area (Å²) in [6.45, 7) is 10.6. The highest BCUT2D eigenvalue weighted by atomic mass is 31.1. The van der Waals surface area contributed by atoms with Crippen LogP contribution in [-0.4, -0.2) is 24.4 Å². The number of hydrogen-bond donors (Lipinski definition) is 2. The van der Waals surface area contributed by atoms with Crippen LogP contribution in [0.25, 0.3) is 0 Å². The van der Waals surface area contributed by atoms with Crippen molar-refractivity contribution in [2.75, 3.05) is 14.2 Å². The van der Waals surface area contributed by atoms with E-state index >= 15 is 8.78 Å². The Hall–Kier alpha value is -3.06. The second-order valence-corrected chi connectivity index (χ2v) is 12.9. The Morgan fingerprint density at radius 3 is 1.18 bits per heavy atom. The summed E-state index contributed by atoms with van der Waals surface area (Å²) >= 11 is 0. The van der Waals surface area contributed by atoms with E-state index in [0.717, 1.165) is 0 Å². The van der Waals surface area contributed by atoms with Gasteiger partial charge >= 0.3 is 0 Å². The quantitative estimate of drug-likeness (QED) is 0.171. The summed E-state index contributed by atoms with van der Waals surface area (Å²) in [5, 5.41) is 21.3. The second kappa shape index (κ2) is 10.3. The molecule has 0 amide bonds. The normalized spacial score (nSPS) is 12.3. The van der Waals surface area contributed by atoms with Crippen LogP contribution in [0.1, 0.15) is 52.7 Å². The number of ether oxygens (including phenoxy) is 2. The number of halogens is 5. The molecule has 3 rings (SSSR count). The number of phenolic OH excluding ortho intramolecular Hbond substituents is 2. The maximum atomic E-state index is 15.4. The zero-order chi connectivity index (χ0) is 28.9. The number of phenols is 2. The van der Waals surface area contributed by atoms with Crippen LogP contribution in [0.4, 0.5) is 22.0 Å². The lowest BCUT2D eigenvalue weighted by Crippen LogP contribution is -2.30. The van der Waals surface area contributed by atoms with Crippen LogP contribution < -0.4 is 25.4 Å². The molecule has 10 heteroatoms. The molecule has 0 unspecified atom stereocenters. The van der Waals surface area contributed by atoms with Crippen molar-refractivity contribution in [2.45, 2.75) is 52.4 Å². The Balaban J connectivity index is 2.63. The number of rotatable bonds is 5. The van der Waals surface area contributed by atoms with Crippen molar-refractivity contribution in [3.8, 4) is 23.0 Å². The predicted molar refractivity (Wildman–Crippen MR) is 139 cm³/mol. The first-order valence-electron chi connectivity index (χ1n) is 11.6. The van der Waals surface area contributed by atoms with Crippen molar-refractivity contribution in [2.24, 2.45) is 0 Å². The average molecular weight is 557 g/mol. The molecule has 2 N–H and O–H groups in total. The lowest BCUT2D eigenvalue weighted by atomic mass is 9.86. The summed E-state index contributed by atoms with van der Waals surface area (Å²) in [5.41, 5.74) is -0.807. The van der Waals surface area contributed by atoms with Crippen LogP contribution >= 0.6 is 7.92 Å². The van der Waals surface area contributed by atoms with Crippen LogP contribution in [0.3, 0.4) is 0 Å². The van der Waals surface area contributed by atoms with Gasteiger partial charge in [0.15, 0.2) is 23.3 Å². The molecule has 0 aromatic heterocycles. The van der Waals surface area contributed by atoms with Crippen LogP contribution in [0.5, 0.6) is 23.0 Å². The summed E-state index contributed by atoms with van der Waals surface area (Å²) in [6, 6.07) is 5.59. The highest BCUT2D eigenvalue weighted by molar-refractivity contribution is 7.80. The van der Waals surface area contributed by atoms with Crippen LogP contribution in [0.2, 0.25) is 0 Å². The fourth-order valence-electron chi connectivity index (χ4n) is 4.07. The molecule has 38 heavy (non-hydrogen) atoms. The van der Waals surface area contributed by atoms with Crippen molar-refractivity contribution >= 4 is 23.8 Å². The van der Waals surface area contributed by atoms with Gasteiger partial charge in [0.25, 0.3) is 0 Å². The molecule has 0 aliphatic carbocycles. The van der Waals surface area contributed by atoms with Gasteiger partial charge in [0.2, 0.25) is 5.82 Å². The minimum atomic E-state index is -2.80. The van der Waals surface area contributed by atoms with E-state index in [1.807, 2.05) is 0 Å².